The molecule has 5 aromatic rings. The van der Waals surface area contributed by atoms with Gasteiger partial charge in [0.05, 0.1) is 28.7 Å². The van der Waals surface area contributed by atoms with Crippen molar-refractivity contribution in [2.75, 3.05) is 4.90 Å². The zero-order chi connectivity index (χ0) is 25.9. The topological polar surface area (TPSA) is 118 Å². The van der Waals surface area contributed by atoms with E-state index >= 15 is 0 Å². The molecule has 1 aromatic heterocycles. The number of ketones is 1. The van der Waals surface area contributed by atoms with Gasteiger partial charge in [0.2, 0.25) is 5.78 Å². The molecule has 7 heteroatoms. The Balaban J connectivity index is 1.55. The number of nitrogens with zero attached hydrogens (tertiary/aromatic N) is 3. The molecule has 0 saturated carbocycles. The molecule has 0 atom stereocenters. The molecule has 176 valence electrons. The number of fused-ring (bicyclic) bond motifs is 1. The Morgan fingerprint density at radius 3 is 1.73 bits per heavy atom. The van der Waals surface area contributed by atoms with Crippen molar-refractivity contribution in [1.29, 1.82) is 10.5 Å². The van der Waals surface area contributed by atoms with Crippen molar-refractivity contribution in [3.63, 3.8) is 0 Å². The number of hydrogen-bond donors (Lipinski definition) is 1. The Morgan fingerprint density at radius 2 is 1.22 bits per heavy atom. The van der Waals surface area contributed by atoms with Gasteiger partial charge in [0, 0.05) is 22.6 Å². The molecule has 4 aromatic carbocycles. The summed E-state index contributed by atoms with van der Waals surface area (Å²) in [4.78, 5) is 27.6. The smallest absolute Gasteiger partial charge is 0.351 e. The summed E-state index contributed by atoms with van der Waals surface area (Å²) in [6, 6.07) is 31.2. The molecule has 0 bridgehead atoms. The van der Waals surface area contributed by atoms with Crippen LogP contribution < -0.4 is 10.5 Å². The van der Waals surface area contributed by atoms with E-state index in [0.717, 1.165) is 11.4 Å². The molecular weight excluding hydrogens is 466 g/mol. The van der Waals surface area contributed by atoms with Crippen LogP contribution in [0.25, 0.3) is 11.0 Å². The zero-order valence-electron chi connectivity index (χ0n) is 19.3. The molecule has 0 spiro atoms. The average molecular weight is 483 g/mol. The Morgan fingerprint density at radius 1 is 0.730 bits per heavy atom. The summed E-state index contributed by atoms with van der Waals surface area (Å²) in [5, 5.41) is 29.2. The van der Waals surface area contributed by atoms with E-state index in [1.54, 1.807) is 97.1 Å². The maximum absolute atomic E-state index is 13.2. The number of rotatable bonds is 5. The van der Waals surface area contributed by atoms with Gasteiger partial charge < -0.3 is 14.4 Å². The molecule has 1 N–H and O–H groups in total. The SMILES string of the molecule is N#Cc1ccc(N(c2ccc(C#N)cc2)c2ccc(C(=O)c3c(O)c4ccccc4oc3=O)cc2)cc1. The number of anilines is 3. The van der Waals surface area contributed by atoms with E-state index in [9.17, 15) is 14.7 Å². The molecule has 0 fully saturated rings. The van der Waals surface area contributed by atoms with Gasteiger partial charge in [0.1, 0.15) is 11.3 Å². The summed E-state index contributed by atoms with van der Waals surface area (Å²) >= 11 is 0. The number of carbonyl (C=O) groups excluding carboxylic acids is 1. The predicted octanol–water partition coefficient (Wildman–Crippen LogP) is 5.94. The fraction of sp³-hybridized carbons (Fsp3) is 0. The molecule has 0 amide bonds. The maximum Gasteiger partial charge on any atom is 0.351 e. The van der Waals surface area contributed by atoms with Crippen molar-refractivity contribution in [1.82, 2.24) is 0 Å². The average Bonchev–Trinajstić information content (AvgIpc) is 2.94. The molecule has 7 nitrogen and oxygen atoms in total. The third kappa shape index (κ3) is 4.29. The van der Waals surface area contributed by atoms with E-state index in [1.165, 1.54) is 0 Å². The quantitative estimate of drug-likeness (QED) is 0.243. The van der Waals surface area contributed by atoms with Crippen LogP contribution in [0.1, 0.15) is 27.0 Å². The molecule has 37 heavy (non-hydrogen) atoms. The summed E-state index contributed by atoms with van der Waals surface area (Å²) in [6.45, 7) is 0. The fourth-order valence-corrected chi connectivity index (χ4v) is 4.06. The second-order valence-corrected chi connectivity index (χ2v) is 8.14. The van der Waals surface area contributed by atoms with Crippen LogP contribution in [0.15, 0.2) is 106 Å². The van der Waals surface area contributed by atoms with Crippen LogP contribution in [-0.2, 0) is 0 Å². The van der Waals surface area contributed by atoms with Crippen molar-refractivity contribution < 1.29 is 14.3 Å². The maximum atomic E-state index is 13.2. The third-order valence-corrected chi connectivity index (χ3v) is 5.91. The first kappa shape index (κ1) is 23.1. The molecule has 0 saturated heterocycles. The Hall–Kier alpha value is -5.66. The first-order chi connectivity index (χ1) is 18.0. The monoisotopic (exact) mass is 483 g/mol. The van der Waals surface area contributed by atoms with Crippen LogP contribution in [-0.4, -0.2) is 10.9 Å². The van der Waals surface area contributed by atoms with Gasteiger partial charge in [0.25, 0.3) is 0 Å². The van der Waals surface area contributed by atoms with Crippen molar-refractivity contribution >= 4 is 33.8 Å². The fourth-order valence-electron chi connectivity index (χ4n) is 4.06. The molecule has 0 unspecified atom stereocenters. The van der Waals surface area contributed by atoms with Gasteiger partial charge in [-0.1, -0.05) is 12.1 Å². The highest BCUT2D eigenvalue weighted by atomic mass is 16.4. The number of carbonyl (C=O) groups is 1. The van der Waals surface area contributed by atoms with Gasteiger partial charge in [-0.2, -0.15) is 10.5 Å². The number of benzene rings is 4. The Kier molecular flexibility index (Phi) is 5.95. The second kappa shape index (κ2) is 9.53. The molecular formula is C30H17N3O4. The highest BCUT2D eigenvalue weighted by molar-refractivity contribution is 6.12. The van der Waals surface area contributed by atoms with Crippen LogP contribution in [0.5, 0.6) is 5.75 Å². The van der Waals surface area contributed by atoms with Crippen LogP contribution in [0, 0.1) is 22.7 Å². The largest absolute Gasteiger partial charge is 0.506 e. The minimum absolute atomic E-state index is 0.192. The molecule has 0 aliphatic carbocycles. The number of hydrogen-bond acceptors (Lipinski definition) is 7. The molecule has 1 heterocycles. The molecule has 0 aliphatic rings. The first-order valence-electron chi connectivity index (χ1n) is 11.2. The van der Waals surface area contributed by atoms with Crippen molar-refractivity contribution in [2.24, 2.45) is 0 Å². The summed E-state index contributed by atoms with van der Waals surface area (Å²) < 4.78 is 5.24. The van der Waals surface area contributed by atoms with Crippen LogP contribution in [0.4, 0.5) is 17.1 Å². The van der Waals surface area contributed by atoms with Gasteiger partial charge in [-0.3, -0.25) is 4.79 Å². The summed E-state index contributed by atoms with van der Waals surface area (Å²) in [5.74, 6) is -1.08. The van der Waals surface area contributed by atoms with E-state index in [0.29, 0.717) is 16.8 Å². The highest BCUT2D eigenvalue weighted by Crippen LogP contribution is 2.35. The highest BCUT2D eigenvalue weighted by Gasteiger charge is 2.22. The molecule has 0 aliphatic heterocycles. The number of nitriles is 2. The van der Waals surface area contributed by atoms with E-state index in [4.69, 9.17) is 14.9 Å². The van der Waals surface area contributed by atoms with Gasteiger partial charge in [-0.05, 0) is 84.9 Å². The van der Waals surface area contributed by atoms with Crippen molar-refractivity contribution in [3.05, 3.63) is 130 Å². The summed E-state index contributed by atoms with van der Waals surface area (Å²) in [6.07, 6.45) is 0. The van der Waals surface area contributed by atoms with Crippen LogP contribution >= 0.6 is 0 Å². The van der Waals surface area contributed by atoms with Gasteiger partial charge >= 0.3 is 5.63 Å². The minimum Gasteiger partial charge on any atom is -0.506 e. The predicted molar refractivity (Wildman–Crippen MR) is 138 cm³/mol. The van der Waals surface area contributed by atoms with Gasteiger partial charge in [-0.25, -0.2) is 4.79 Å². The third-order valence-electron chi connectivity index (χ3n) is 5.91. The lowest BCUT2D eigenvalue weighted by Gasteiger charge is -2.25. The van der Waals surface area contributed by atoms with Gasteiger partial charge in [-0.15, -0.1) is 0 Å². The molecule has 5 rings (SSSR count). The zero-order valence-corrected chi connectivity index (χ0v) is 19.3. The van der Waals surface area contributed by atoms with E-state index in [2.05, 4.69) is 12.1 Å². The van der Waals surface area contributed by atoms with Crippen molar-refractivity contribution in [3.8, 4) is 17.9 Å². The van der Waals surface area contributed by atoms with E-state index in [-0.39, 0.29) is 16.5 Å². The minimum atomic E-state index is -0.915. The van der Waals surface area contributed by atoms with Crippen LogP contribution in [0.2, 0.25) is 0 Å². The normalized spacial score (nSPS) is 10.4. The Bertz CT molecular complexity index is 1720. The lowest BCUT2D eigenvalue weighted by Crippen LogP contribution is -2.16. The first-order valence-corrected chi connectivity index (χ1v) is 11.2. The summed E-state index contributed by atoms with van der Waals surface area (Å²) in [5.41, 5.74) is 2.28. The number of para-hydroxylation sites is 1. The van der Waals surface area contributed by atoms with E-state index < -0.39 is 22.7 Å². The van der Waals surface area contributed by atoms with E-state index in [1.807, 2.05) is 4.90 Å². The number of aromatic hydroxyl groups is 1. The van der Waals surface area contributed by atoms with Crippen LogP contribution in [0.3, 0.4) is 0 Å². The lowest BCUT2D eigenvalue weighted by molar-refractivity contribution is 0.103. The second-order valence-electron chi connectivity index (χ2n) is 8.14. The van der Waals surface area contributed by atoms with Crippen molar-refractivity contribution in [2.45, 2.75) is 0 Å². The standard InChI is InChI=1S/C30H17N3O4/c31-17-19-5-11-22(12-6-19)33(23-13-7-20(18-32)8-14-23)24-15-9-21(10-16-24)28(34)27-29(35)25-3-1-2-4-26(25)37-30(27)36/h1-16,35H. The summed E-state index contributed by atoms with van der Waals surface area (Å²) in [7, 11) is 0. The molecule has 0 radical (unpaired) electrons. The van der Waals surface area contributed by atoms with Gasteiger partial charge in [0.15, 0.2) is 5.56 Å². The lowest BCUT2D eigenvalue weighted by atomic mass is 10.0. The Labute approximate surface area is 211 Å².